The molecule has 0 aliphatic rings. The molecule has 0 saturated heterocycles. The van der Waals surface area contributed by atoms with Crippen LogP contribution < -0.4 is 4.72 Å². The highest BCUT2D eigenvalue weighted by Crippen LogP contribution is 2.32. The van der Waals surface area contributed by atoms with Crippen LogP contribution in [0.15, 0.2) is 33.8 Å². The van der Waals surface area contributed by atoms with Gasteiger partial charge in [-0.15, -0.1) is 0 Å². The molecule has 0 fully saturated rings. The number of aromatic nitrogens is 2. The fraction of sp³-hybridized carbons (Fsp3) is 0.250. The maximum Gasteiger partial charge on any atom is 0.243 e. The van der Waals surface area contributed by atoms with Gasteiger partial charge in [0.15, 0.2) is 0 Å². The van der Waals surface area contributed by atoms with Crippen LogP contribution in [0.25, 0.3) is 0 Å². The third-order valence-corrected chi connectivity index (χ3v) is 5.67. The van der Waals surface area contributed by atoms with E-state index >= 15 is 0 Å². The number of benzene rings is 1. The minimum Gasteiger partial charge on any atom is -0.273 e. The van der Waals surface area contributed by atoms with Gasteiger partial charge in [-0.2, -0.15) is 5.10 Å². The van der Waals surface area contributed by atoms with Crippen LogP contribution in [0.2, 0.25) is 10.0 Å². The highest BCUT2D eigenvalue weighted by atomic mass is 79.9. The van der Waals surface area contributed by atoms with Crippen LogP contribution in [-0.4, -0.2) is 24.7 Å². The third-order valence-electron chi connectivity index (χ3n) is 2.83. The molecular formula is C12H12BrCl2N3O2S. The molecule has 0 saturated carbocycles. The summed E-state index contributed by atoms with van der Waals surface area (Å²) in [6, 6.07) is 4.81. The molecule has 0 amide bonds. The van der Waals surface area contributed by atoms with Gasteiger partial charge < -0.3 is 0 Å². The van der Waals surface area contributed by atoms with Crippen molar-refractivity contribution in [1.29, 1.82) is 0 Å². The number of halogens is 3. The standard InChI is InChI=1S/C12H12BrCl2N3O2S/c1-18-9(2-4-16-18)3-5-17-21(19,20)12-10(14)6-8(13)7-11(12)15/h2,4,6-7,17H,3,5H2,1H3. The molecule has 0 aliphatic carbocycles. The van der Waals surface area contributed by atoms with Crippen molar-refractivity contribution in [2.24, 2.45) is 7.05 Å². The fourth-order valence-corrected chi connectivity index (χ4v) is 4.78. The van der Waals surface area contributed by atoms with Crippen LogP contribution in [0.3, 0.4) is 0 Å². The SMILES string of the molecule is Cn1nccc1CCNS(=O)(=O)c1c(Cl)cc(Br)cc1Cl. The Morgan fingerprint density at radius 2 is 1.95 bits per heavy atom. The van der Waals surface area contributed by atoms with E-state index in [2.05, 4.69) is 25.8 Å². The van der Waals surface area contributed by atoms with Gasteiger partial charge in [0.1, 0.15) is 4.90 Å². The van der Waals surface area contributed by atoms with Gasteiger partial charge in [-0.1, -0.05) is 39.1 Å². The number of nitrogens with zero attached hydrogens (tertiary/aromatic N) is 2. The minimum atomic E-state index is -3.77. The van der Waals surface area contributed by atoms with Crippen molar-refractivity contribution >= 4 is 49.2 Å². The summed E-state index contributed by atoms with van der Waals surface area (Å²) in [5.74, 6) is 0. The highest BCUT2D eigenvalue weighted by molar-refractivity contribution is 9.10. The first-order chi connectivity index (χ1) is 9.81. The first-order valence-corrected chi connectivity index (χ1v) is 8.95. The molecule has 5 nitrogen and oxygen atoms in total. The predicted molar refractivity (Wildman–Crippen MR) is 86.3 cm³/mol. The first-order valence-electron chi connectivity index (χ1n) is 5.92. The minimum absolute atomic E-state index is 0.0717. The Morgan fingerprint density at radius 3 is 2.48 bits per heavy atom. The van der Waals surface area contributed by atoms with Gasteiger partial charge in [-0.05, 0) is 18.2 Å². The molecule has 0 bridgehead atoms. The van der Waals surface area contributed by atoms with E-state index in [0.29, 0.717) is 10.9 Å². The summed E-state index contributed by atoms with van der Waals surface area (Å²) in [6.07, 6.45) is 2.17. The summed E-state index contributed by atoms with van der Waals surface area (Å²) in [7, 11) is -1.97. The van der Waals surface area contributed by atoms with Gasteiger partial charge in [0.2, 0.25) is 10.0 Å². The number of nitrogens with one attached hydrogen (secondary N) is 1. The lowest BCUT2D eigenvalue weighted by Crippen LogP contribution is -2.27. The smallest absolute Gasteiger partial charge is 0.243 e. The molecule has 21 heavy (non-hydrogen) atoms. The van der Waals surface area contributed by atoms with E-state index < -0.39 is 10.0 Å². The van der Waals surface area contributed by atoms with Gasteiger partial charge in [0, 0.05) is 36.4 Å². The molecule has 1 aromatic carbocycles. The Bertz CT molecular complexity index is 739. The van der Waals surface area contributed by atoms with Crippen molar-refractivity contribution in [3.63, 3.8) is 0 Å². The summed E-state index contributed by atoms with van der Waals surface area (Å²) in [6.45, 7) is 0.227. The van der Waals surface area contributed by atoms with E-state index in [1.807, 2.05) is 6.07 Å². The first kappa shape index (κ1) is 16.8. The maximum absolute atomic E-state index is 12.3. The van der Waals surface area contributed by atoms with Crippen LogP contribution in [0.1, 0.15) is 5.69 Å². The molecule has 2 aromatic rings. The molecule has 9 heteroatoms. The molecule has 1 N–H and O–H groups in total. The van der Waals surface area contributed by atoms with Crippen LogP contribution >= 0.6 is 39.1 Å². The summed E-state index contributed by atoms with van der Waals surface area (Å²) in [4.78, 5) is -0.112. The molecule has 0 unspecified atom stereocenters. The second kappa shape index (κ2) is 6.66. The summed E-state index contributed by atoms with van der Waals surface area (Å²) in [5.41, 5.74) is 0.922. The lowest BCUT2D eigenvalue weighted by molar-refractivity contribution is 0.580. The molecule has 114 valence electrons. The predicted octanol–water partition coefficient (Wildman–Crippen LogP) is 3.01. The van der Waals surface area contributed by atoms with Crippen molar-refractivity contribution in [3.05, 3.63) is 44.6 Å². The Hall–Kier alpha value is -0.600. The van der Waals surface area contributed by atoms with Crippen LogP contribution in [0, 0.1) is 0 Å². The molecule has 0 aliphatic heterocycles. The van der Waals surface area contributed by atoms with Gasteiger partial charge in [-0.3, -0.25) is 4.68 Å². The van der Waals surface area contributed by atoms with Gasteiger partial charge in [0.05, 0.1) is 10.0 Å². The largest absolute Gasteiger partial charge is 0.273 e. The van der Waals surface area contributed by atoms with Crippen LogP contribution in [-0.2, 0) is 23.5 Å². The number of hydrogen-bond donors (Lipinski definition) is 1. The lowest BCUT2D eigenvalue weighted by atomic mass is 10.3. The molecule has 0 radical (unpaired) electrons. The van der Waals surface area contributed by atoms with Crippen LogP contribution in [0.5, 0.6) is 0 Å². The monoisotopic (exact) mass is 411 g/mol. The van der Waals surface area contributed by atoms with Crippen molar-refractivity contribution in [3.8, 4) is 0 Å². The van der Waals surface area contributed by atoms with Gasteiger partial charge >= 0.3 is 0 Å². The molecule has 1 aromatic heterocycles. The summed E-state index contributed by atoms with van der Waals surface area (Å²) in [5, 5.41) is 4.16. The third kappa shape index (κ3) is 3.98. The molecule has 0 spiro atoms. The van der Waals surface area contributed by atoms with Gasteiger partial charge in [0.25, 0.3) is 0 Å². The number of sulfonamides is 1. The maximum atomic E-state index is 12.3. The number of hydrogen-bond acceptors (Lipinski definition) is 3. The van der Waals surface area contributed by atoms with E-state index in [-0.39, 0.29) is 21.5 Å². The average molecular weight is 413 g/mol. The molecule has 1 heterocycles. The van der Waals surface area contributed by atoms with Crippen LogP contribution in [0.4, 0.5) is 0 Å². The van der Waals surface area contributed by atoms with E-state index in [1.165, 1.54) is 12.1 Å². The van der Waals surface area contributed by atoms with Crippen molar-refractivity contribution in [2.45, 2.75) is 11.3 Å². The number of aryl methyl sites for hydroxylation is 1. The molecule has 2 rings (SSSR count). The topological polar surface area (TPSA) is 64.0 Å². The lowest BCUT2D eigenvalue weighted by Gasteiger charge is -2.10. The zero-order chi connectivity index (χ0) is 15.6. The Labute approximate surface area is 141 Å². The Kier molecular flexibility index (Phi) is 5.32. The Morgan fingerprint density at radius 1 is 1.33 bits per heavy atom. The van der Waals surface area contributed by atoms with Crippen molar-refractivity contribution in [2.75, 3.05) is 6.54 Å². The van der Waals surface area contributed by atoms with Gasteiger partial charge in [-0.25, -0.2) is 13.1 Å². The normalized spacial score (nSPS) is 11.8. The zero-order valence-electron chi connectivity index (χ0n) is 11.0. The summed E-state index contributed by atoms with van der Waals surface area (Å²) >= 11 is 15.2. The number of rotatable bonds is 5. The molecule has 0 atom stereocenters. The van der Waals surface area contributed by atoms with E-state index in [0.717, 1.165) is 5.69 Å². The van der Waals surface area contributed by atoms with E-state index in [4.69, 9.17) is 23.2 Å². The average Bonchev–Trinajstić information content (AvgIpc) is 2.73. The summed E-state index contributed by atoms with van der Waals surface area (Å²) < 4.78 is 29.4. The van der Waals surface area contributed by atoms with E-state index in [9.17, 15) is 8.42 Å². The fourth-order valence-electron chi connectivity index (χ4n) is 1.82. The highest BCUT2D eigenvalue weighted by Gasteiger charge is 2.22. The molecular weight excluding hydrogens is 401 g/mol. The van der Waals surface area contributed by atoms with Crippen molar-refractivity contribution < 1.29 is 8.42 Å². The quantitative estimate of drug-likeness (QED) is 0.820. The van der Waals surface area contributed by atoms with Crippen molar-refractivity contribution in [1.82, 2.24) is 14.5 Å². The Balaban J connectivity index is 2.14. The zero-order valence-corrected chi connectivity index (χ0v) is 14.9. The second-order valence-electron chi connectivity index (χ2n) is 4.29. The van der Waals surface area contributed by atoms with E-state index in [1.54, 1.807) is 17.9 Å². The second-order valence-corrected chi connectivity index (χ2v) is 7.73.